The van der Waals surface area contributed by atoms with E-state index in [1.807, 2.05) is 36.4 Å². The lowest BCUT2D eigenvalue weighted by Gasteiger charge is -2.15. The van der Waals surface area contributed by atoms with Gasteiger partial charge in [0, 0.05) is 16.9 Å². The van der Waals surface area contributed by atoms with Gasteiger partial charge in [-0.2, -0.15) is 0 Å². The molecule has 0 radical (unpaired) electrons. The third kappa shape index (κ3) is 3.71. The first-order valence-corrected chi connectivity index (χ1v) is 7.56. The fourth-order valence-corrected chi connectivity index (χ4v) is 2.57. The summed E-state index contributed by atoms with van der Waals surface area (Å²) >= 11 is 1.74. The first-order valence-electron chi connectivity index (χ1n) is 6.68. The fourth-order valence-electron chi connectivity index (χ4n) is 1.60. The minimum absolute atomic E-state index is 0.485. The molecule has 1 unspecified atom stereocenters. The van der Waals surface area contributed by atoms with E-state index >= 15 is 0 Å². The van der Waals surface area contributed by atoms with Crippen LogP contribution in [0.2, 0.25) is 0 Å². The average molecular weight is 288 g/mol. The van der Waals surface area contributed by atoms with Crippen molar-refractivity contribution in [3.63, 3.8) is 0 Å². The highest BCUT2D eigenvalue weighted by Crippen LogP contribution is 2.29. The minimum atomic E-state index is 0.485. The molecule has 4 nitrogen and oxygen atoms in total. The highest BCUT2D eigenvalue weighted by atomic mass is 32.2. The number of rotatable bonds is 5. The maximum absolute atomic E-state index is 5.51. The molecule has 3 N–H and O–H groups in total. The summed E-state index contributed by atoms with van der Waals surface area (Å²) < 4.78 is 0. The second-order valence-electron chi connectivity index (χ2n) is 4.99. The maximum atomic E-state index is 5.51. The van der Waals surface area contributed by atoms with Crippen LogP contribution in [-0.2, 0) is 0 Å². The van der Waals surface area contributed by atoms with Crippen LogP contribution in [0.25, 0.3) is 11.4 Å². The van der Waals surface area contributed by atoms with E-state index in [2.05, 4.69) is 36.2 Å². The Morgan fingerprint density at radius 3 is 2.40 bits per heavy atom. The summed E-state index contributed by atoms with van der Waals surface area (Å²) in [5, 5.41) is 1.42. The number of benzene rings is 1. The van der Waals surface area contributed by atoms with Crippen molar-refractivity contribution in [2.24, 2.45) is 11.8 Å². The van der Waals surface area contributed by atoms with E-state index in [1.165, 1.54) is 0 Å². The number of nitrogens with two attached hydrogens (primary N) is 1. The predicted octanol–water partition coefficient (Wildman–Crippen LogP) is 3.57. The number of hydrogen-bond donors (Lipinski definition) is 2. The van der Waals surface area contributed by atoms with Gasteiger partial charge in [-0.1, -0.05) is 51.1 Å². The van der Waals surface area contributed by atoms with Gasteiger partial charge in [-0.25, -0.2) is 15.8 Å². The molecule has 0 aliphatic heterocycles. The van der Waals surface area contributed by atoms with E-state index in [-0.39, 0.29) is 0 Å². The summed E-state index contributed by atoms with van der Waals surface area (Å²) in [4.78, 5) is 9.04. The van der Waals surface area contributed by atoms with Crippen LogP contribution in [0.3, 0.4) is 0 Å². The van der Waals surface area contributed by atoms with Gasteiger partial charge in [0.15, 0.2) is 5.82 Å². The average Bonchev–Trinajstić information content (AvgIpc) is 2.47. The van der Waals surface area contributed by atoms with Crippen molar-refractivity contribution in [2.75, 3.05) is 5.43 Å². The fraction of sp³-hybridized carbons (Fsp3) is 0.333. The third-order valence-corrected chi connectivity index (χ3v) is 4.49. The standard InChI is InChI=1S/C15H20N4S/c1-10(2)11(3)20-14-9-13(19-16)17-15(18-14)12-7-5-4-6-8-12/h4-11H,16H2,1-3H3,(H,17,18,19). The van der Waals surface area contributed by atoms with Crippen molar-refractivity contribution in [1.29, 1.82) is 0 Å². The summed E-state index contributed by atoms with van der Waals surface area (Å²) in [5.41, 5.74) is 3.61. The van der Waals surface area contributed by atoms with Crippen molar-refractivity contribution in [2.45, 2.75) is 31.0 Å². The van der Waals surface area contributed by atoms with Gasteiger partial charge >= 0.3 is 0 Å². The molecule has 1 heterocycles. The summed E-state index contributed by atoms with van der Waals surface area (Å²) in [6.07, 6.45) is 0. The minimum Gasteiger partial charge on any atom is -0.308 e. The van der Waals surface area contributed by atoms with E-state index < -0.39 is 0 Å². The Labute approximate surface area is 124 Å². The van der Waals surface area contributed by atoms with Gasteiger partial charge in [0.1, 0.15) is 10.8 Å². The van der Waals surface area contributed by atoms with E-state index in [1.54, 1.807) is 11.8 Å². The number of anilines is 1. The molecule has 0 spiro atoms. The Morgan fingerprint density at radius 2 is 1.80 bits per heavy atom. The molecule has 106 valence electrons. The molecule has 0 aliphatic rings. The molecule has 0 saturated carbocycles. The highest BCUT2D eigenvalue weighted by Gasteiger charge is 2.12. The zero-order valence-electron chi connectivity index (χ0n) is 12.0. The lowest BCUT2D eigenvalue weighted by molar-refractivity contribution is 0.641. The Kier molecular flexibility index (Phi) is 4.98. The number of nitrogen functional groups attached to an aromatic ring is 1. The molecule has 0 aliphatic carbocycles. The molecule has 2 aromatic rings. The SMILES string of the molecule is CC(C)C(C)Sc1cc(NN)nc(-c2ccccc2)n1. The van der Waals surface area contributed by atoms with E-state index in [0.717, 1.165) is 10.6 Å². The molecule has 1 atom stereocenters. The second kappa shape index (κ2) is 6.72. The zero-order chi connectivity index (χ0) is 14.5. The molecular formula is C15H20N4S. The normalized spacial score (nSPS) is 12.4. The zero-order valence-corrected chi connectivity index (χ0v) is 12.8. The molecular weight excluding hydrogens is 268 g/mol. The van der Waals surface area contributed by atoms with E-state index in [9.17, 15) is 0 Å². The molecule has 0 bridgehead atoms. The van der Waals surface area contributed by atoms with Gasteiger partial charge in [-0.05, 0) is 5.92 Å². The quantitative estimate of drug-likeness (QED) is 0.381. The Balaban J connectivity index is 2.34. The van der Waals surface area contributed by atoms with Crippen molar-refractivity contribution >= 4 is 17.6 Å². The van der Waals surface area contributed by atoms with Gasteiger partial charge < -0.3 is 5.43 Å². The summed E-state index contributed by atoms with van der Waals surface area (Å²) in [7, 11) is 0. The van der Waals surface area contributed by atoms with Gasteiger partial charge in [0.05, 0.1) is 0 Å². The first kappa shape index (κ1) is 14.8. The maximum Gasteiger partial charge on any atom is 0.162 e. The molecule has 2 rings (SSSR count). The van der Waals surface area contributed by atoms with Gasteiger partial charge in [-0.15, -0.1) is 11.8 Å². The van der Waals surface area contributed by atoms with Crippen LogP contribution in [0.1, 0.15) is 20.8 Å². The monoisotopic (exact) mass is 288 g/mol. The lowest BCUT2D eigenvalue weighted by Crippen LogP contribution is -2.11. The van der Waals surface area contributed by atoms with Gasteiger partial charge in [0.25, 0.3) is 0 Å². The highest BCUT2D eigenvalue weighted by molar-refractivity contribution is 7.99. The predicted molar refractivity (Wildman–Crippen MR) is 85.4 cm³/mol. The van der Waals surface area contributed by atoms with E-state index in [0.29, 0.717) is 22.8 Å². The molecule has 1 aromatic carbocycles. The van der Waals surface area contributed by atoms with Crippen LogP contribution in [-0.4, -0.2) is 15.2 Å². The van der Waals surface area contributed by atoms with Crippen LogP contribution in [0.5, 0.6) is 0 Å². The number of hydrogen-bond acceptors (Lipinski definition) is 5. The smallest absolute Gasteiger partial charge is 0.162 e. The molecule has 0 fully saturated rings. The van der Waals surface area contributed by atoms with Crippen molar-refractivity contribution in [3.8, 4) is 11.4 Å². The number of hydrazine groups is 1. The third-order valence-electron chi connectivity index (χ3n) is 3.13. The number of thioether (sulfide) groups is 1. The van der Waals surface area contributed by atoms with Crippen molar-refractivity contribution in [1.82, 2.24) is 9.97 Å². The van der Waals surface area contributed by atoms with E-state index in [4.69, 9.17) is 5.84 Å². The van der Waals surface area contributed by atoms with Gasteiger partial charge in [0.2, 0.25) is 0 Å². The lowest BCUT2D eigenvalue weighted by atomic mass is 10.2. The number of aromatic nitrogens is 2. The van der Waals surface area contributed by atoms with Crippen LogP contribution < -0.4 is 11.3 Å². The summed E-state index contributed by atoms with van der Waals surface area (Å²) in [5.74, 6) is 7.42. The summed E-state index contributed by atoms with van der Waals surface area (Å²) in [6, 6.07) is 11.8. The molecule has 0 saturated heterocycles. The van der Waals surface area contributed by atoms with Crippen molar-refractivity contribution < 1.29 is 0 Å². The number of nitrogens with one attached hydrogen (secondary N) is 1. The topological polar surface area (TPSA) is 63.8 Å². The molecule has 0 amide bonds. The van der Waals surface area contributed by atoms with Crippen LogP contribution in [0.15, 0.2) is 41.4 Å². The first-order chi connectivity index (χ1) is 9.60. The van der Waals surface area contributed by atoms with Crippen LogP contribution in [0.4, 0.5) is 5.82 Å². The number of nitrogens with zero attached hydrogens (tertiary/aromatic N) is 2. The molecule has 20 heavy (non-hydrogen) atoms. The van der Waals surface area contributed by atoms with Crippen LogP contribution in [0, 0.1) is 5.92 Å². The molecule has 5 heteroatoms. The molecule has 1 aromatic heterocycles. The second-order valence-corrected chi connectivity index (χ2v) is 6.39. The summed E-state index contributed by atoms with van der Waals surface area (Å²) in [6.45, 7) is 6.62. The van der Waals surface area contributed by atoms with Crippen LogP contribution >= 0.6 is 11.8 Å². The van der Waals surface area contributed by atoms with Crippen molar-refractivity contribution in [3.05, 3.63) is 36.4 Å². The van der Waals surface area contributed by atoms with Gasteiger partial charge in [-0.3, -0.25) is 0 Å². The Morgan fingerprint density at radius 1 is 1.10 bits per heavy atom. The Bertz CT molecular complexity index is 557. The Hall–Kier alpha value is -1.59. The largest absolute Gasteiger partial charge is 0.308 e.